The predicted molar refractivity (Wildman–Crippen MR) is 155 cm³/mol. The van der Waals surface area contributed by atoms with Crippen molar-refractivity contribution in [2.45, 2.75) is 25.0 Å². The Morgan fingerprint density at radius 2 is 1.76 bits per heavy atom. The summed E-state index contributed by atoms with van der Waals surface area (Å²) in [4.78, 5) is 7.31. The summed E-state index contributed by atoms with van der Waals surface area (Å²) in [5, 5.41) is 5.90. The van der Waals surface area contributed by atoms with Gasteiger partial charge in [-0.1, -0.05) is 54.6 Å². The van der Waals surface area contributed by atoms with Crippen LogP contribution >= 0.6 is 0 Å². The van der Waals surface area contributed by atoms with Crippen molar-refractivity contribution in [3.63, 3.8) is 0 Å². The Labute approximate surface area is 223 Å². The molecule has 4 nitrogen and oxygen atoms in total. The minimum Gasteiger partial charge on any atom is -0.497 e. The van der Waals surface area contributed by atoms with Crippen molar-refractivity contribution in [2.75, 3.05) is 20.2 Å². The molecule has 0 N–H and O–H groups in total. The number of hydrogen-bond acceptors (Lipinski definition) is 4. The van der Waals surface area contributed by atoms with Gasteiger partial charge in [0.15, 0.2) is 0 Å². The lowest BCUT2D eigenvalue weighted by Crippen LogP contribution is -2.55. The molecule has 1 unspecified atom stereocenters. The third kappa shape index (κ3) is 3.83. The van der Waals surface area contributed by atoms with Crippen LogP contribution in [0, 0.1) is 11.8 Å². The lowest BCUT2D eigenvalue weighted by Gasteiger charge is -2.51. The fourth-order valence-electron chi connectivity index (χ4n) is 6.82. The van der Waals surface area contributed by atoms with Gasteiger partial charge in [0.1, 0.15) is 17.6 Å². The van der Waals surface area contributed by atoms with E-state index < -0.39 is 0 Å². The second-order valence-corrected chi connectivity index (χ2v) is 10.7. The van der Waals surface area contributed by atoms with Gasteiger partial charge < -0.3 is 9.47 Å². The summed E-state index contributed by atoms with van der Waals surface area (Å²) in [7, 11) is 1.72. The second-order valence-electron chi connectivity index (χ2n) is 10.7. The molecule has 4 heterocycles. The van der Waals surface area contributed by atoms with Crippen molar-refractivity contribution in [3.8, 4) is 11.5 Å². The highest BCUT2D eigenvalue weighted by atomic mass is 16.5. The number of piperidine rings is 3. The molecule has 0 aliphatic carbocycles. The van der Waals surface area contributed by atoms with E-state index in [0.717, 1.165) is 47.3 Å². The molecule has 0 amide bonds. The molecule has 0 radical (unpaired) electrons. The molecule has 4 aromatic carbocycles. The Hall–Kier alpha value is -3.89. The number of methoxy groups -OCH3 is 1. The first-order valence-corrected chi connectivity index (χ1v) is 13.6. The van der Waals surface area contributed by atoms with E-state index in [-0.39, 0.29) is 12.1 Å². The number of pyridine rings is 1. The zero-order valence-corrected chi connectivity index (χ0v) is 21.7. The van der Waals surface area contributed by atoms with Crippen LogP contribution in [0.25, 0.3) is 32.4 Å². The monoisotopic (exact) mass is 500 g/mol. The molecule has 2 bridgehead atoms. The van der Waals surface area contributed by atoms with Crippen LogP contribution in [0.15, 0.2) is 97.7 Å². The van der Waals surface area contributed by atoms with Gasteiger partial charge in [-0.2, -0.15) is 0 Å². The fourth-order valence-corrected chi connectivity index (χ4v) is 6.82. The van der Waals surface area contributed by atoms with E-state index in [2.05, 4.69) is 89.3 Å². The molecule has 1 aromatic heterocycles. The minimum absolute atomic E-state index is 0.147. The van der Waals surface area contributed by atoms with Crippen LogP contribution in [0.2, 0.25) is 0 Å². The summed E-state index contributed by atoms with van der Waals surface area (Å²) in [6.45, 7) is 6.29. The van der Waals surface area contributed by atoms with Crippen molar-refractivity contribution in [1.29, 1.82) is 0 Å². The molecule has 3 aliphatic heterocycles. The Kier molecular flexibility index (Phi) is 5.78. The maximum atomic E-state index is 7.23. The standard InChI is InChI=1S/C34H32N2O2/c1-3-22-21-36-17-15-23(22)18-32(36)34(29-14-16-35-31-13-12-25(37-2)20-30(29)31)38-33-19-24-8-4-5-9-26(24)27-10-6-7-11-28(27)33/h3-14,16,19-20,22-23,32,34H,1,15,17-18,21H2,2H3/t22-,23-,32-,34+/m0/s1. The molecule has 3 saturated heterocycles. The lowest BCUT2D eigenvalue weighted by molar-refractivity contribution is -0.0352. The smallest absolute Gasteiger partial charge is 0.140 e. The highest BCUT2D eigenvalue weighted by molar-refractivity contribution is 6.10. The van der Waals surface area contributed by atoms with Crippen molar-refractivity contribution >= 4 is 32.4 Å². The van der Waals surface area contributed by atoms with Crippen LogP contribution < -0.4 is 9.47 Å². The summed E-state index contributed by atoms with van der Waals surface area (Å²) in [6.07, 6.45) is 6.25. The Morgan fingerprint density at radius 3 is 2.55 bits per heavy atom. The van der Waals surface area contributed by atoms with Crippen molar-refractivity contribution in [1.82, 2.24) is 9.88 Å². The Balaban J connectivity index is 1.41. The summed E-state index contributed by atoms with van der Waals surface area (Å²) in [5.74, 6) is 2.96. The molecule has 3 aliphatic rings. The Bertz CT molecular complexity index is 1660. The van der Waals surface area contributed by atoms with Gasteiger partial charge in [0.25, 0.3) is 0 Å². The average Bonchev–Trinajstić information content (AvgIpc) is 2.99. The lowest BCUT2D eigenvalue weighted by atomic mass is 9.73. The first-order valence-electron chi connectivity index (χ1n) is 13.6. The number of fused-ring (bicyclic) bond motifs is 7. The van der Waals surface area contributed by atoms with Gasteiger partial charge in [-0.05, 0) is 77.7 Å². The largest absolute Gasteiger partial charge is 0.497 e. The van der Waals surface area contributed by atoms with Crippen LogP contribution in [-0.4, -0.2) is 36.1 Å². The molecular formula is C34H32N2O2. The van der Waals surface area contributed by atoms with Gasteiger partial charge in [-0.25, -0.2) is 0 Å². The van der Waals surface area contributed by atoms with E-state index in [9.17, 15) is 0 Å². The van der Waals surface area contributed by atoms with Crippen molar-refractivity contribution < 1.29 is 9.47 Å². The number of hydrogen-bond donors (Lipinski definition) is 0. The topological polar surface area (TPSA) is 34.6 Å². The van der Waals surface area contributed by atoms with Crippen LogP contribution in [0.3, 0.4) is 0 Å². The fraction of sp³-hybridized carbons (Fsp3) is 0.265. The molecule has 3 fully saturated rings. The molecule has 0 saturated carbocycles. The summed E-state index contributed by atoms with van der Waals surface area (Å²) in [5.41, 5.74) is 2.12. The molecule has 4 heteroatoms. The highest BCUT2D eigenvalue weighted by Crippen LogP contribution is 2.45. The van der Waals surface area contributed by atoms with Crippen LogP contribution in [0.1, 0.15) is 24.5 Å². The molecule has 5 aromatic rings. The number of rotatable bonds is 6. The molecule has 38 heavy (non-hydrogen) atoms. The molecule has 0 spiro atoms. The summed E-state index contributed by atoms with van der Waals surface area (Å²) in [6, 6.07) is 27.9. The first kappa shape index (κ1) is 23.2. The van der Waals surface area contributed by atoms with Crippen molar-refractivity contribution in [3.05, 3.63) is 103 Å². The zero-order chi connectivity index (χ0) is 25.6. The zero-order valence-electron chi connectivity index (χ0n) is 21.7. The van der Waals surface area contributed by atoms with E-state index in [1.807, 2.05) is 18.3 Å². The second kappa shape index (κ2) is 9.45. The SMILES string of the molecule is C=C[C@H]1CN2CC[C@H]1C[C@H]2[C@H](Oc1cc2ccccc2c2ccccc12)c1ccnc2ccc(OC)cc12. The van der Waals surface area contributed by atoms with E-state index in [1.165, 1.54) is 28.1 Å². The average molecular weight is 501 g/mol. The summed E-state index contributed by atoms with van der Waals surface area (Å²) >= 11 is 0. The minimum atomic E-state index is -0.147. The molecule has 8 rings (SSSR count). The molecular weight excluding hydrogens is 468 g/mol. The van der Waals surface area contributed by atoms with Gasteiger partial charge in [-0.3, -0.25) is 9.88 Å². The third-order valence-corrected chi connectivity index (χ3v) is 8.78. The van der Waals surface area contributed by atoms with Gasteiger partial charge in [0.2, 0.25) is 0 Å². The van der Waals surface area contributed by atoms with Crippen LogP contribution in [0.4, 0.5) is 0 Å². The normalized spacial score (nSPS) is 23.5. The number of aromatic nitrogens is 1. The quantitative estimate of drug-likeness (QED) is 0.178. The van der Waals surface area contributed by atoms with E-state index in [1.54, 1.807) is 7.11 Å². The van der Waals surface area contributed by atoms with E-state index in [4.69, 9.17) is 9.47 Å². The van der Waals surface area contributed by atoms with Crippen LogP contribution in [0.5, 0.6) is 11.5 Å². The van der Waals surface area contributed by atoms with Gasteiger partial charge in [0.05, 0.1) is 18.7 Å². The third-order valence-electron chi connectivity index (χ3n) is 8.78. The van der Waals surface area contributed by atoms with Gasteiger partial charge in [-0.15, -0.1) is 6.58 Å². The number of ether oxygens (including phenoxy) is 2. The molecule has 5 atom stereocenters. The Morgan fingerprint density at radius 1 is 0.947 bits per heavy atom. The maximum absolute atomic E-state index is 7.23. The van der Waals surface area contributed by atoms with Gasteiger partial charge in [0, 0.05) is 29.1 Å². The highest BCUT2D eigenvalue weighted by Gasteiger charge is 2.44. The first-order chi connectivity index (χ1) is 18.7. The number of nitrogens with zero attached hydrogens (tertiary/aromatic N) is 2. The number of benzene rings is 4. The van der Waals surface area contributed by atoms with E-state index in [0.29, 0.717) is 11.8 Å². The van der Waals surface area contributed by atoms with Crippen molar-refractivity contribution in [2.24, 2.45) is 11.8 Å². The van der Waals surface area contributed by atoms with E-state index >= 15 is 0 Å². The maximum Gasteiger partial charge on any atom is 0.140 e. The summed E-state index contributed by atoms with van der Waals surface area (Å²) < 4.78 is 12.8. The predicted octanol–water partition coefficient (Wildman–Crippen LogP) is 7.57. The van der Waals surface area contributed by atoms with Gasteiger partial charge >= 0.3 is 0 Å². The molecule has 190 valence electrons. The van der Waals surface area contributed by atoms with Crippen LogP contribution in [-0.2, 0) is 0 Å².